The molecule has 1 aromatic carbocycles. The molecule has 0 fully saturated rings. The van der Waals surface area contributed by atoms with Crippen LogP contribution in [0.15, 0.2) is 54.7 Å². The molecule has 0 amide bonds. The molecule has 0 unspecified atom stereocenters. The molecule has 9 heteroatoms. The molecule has 3 aromatic heterocycles. The Morgan fingerprint density at radius 1 is 1.09 bits per heavy atom. The van der Waals surface area contributed by atoms with Gasteiger partial charge in [-0.1, -0.05) is 50.6 Å². The van der Waals surface area contributed by atoms with E-state index in [9.17, 15) is 0 Å². The van der Waals surface area contributed by atoms with Gasteiger partial charge < -0.3 is 10.1 Å². The highest BCUT2D eigenvalue weighted by molar-refractivity contribution is 5.78. The molecule has 0 spiro atoms. The number of allylic oxidation sites excluding steroid dienone is 1. The maximum absolute atomic E-state index is 6.07. The Morgan fingerprint density at radius 2 is 1.91 bits per heavy atom. The SMILES string of the molecule is C=C(CCC(C)(C)C)Nc1cccc(COc2nc3ccccc3n2-c2nnnn2C)n1. The van der Waals surface area contributed by atoms with Crippen molar-refractivity contribution in [2.75, 3.05) is 5.32 Å². The standard InChI is InChI=1S/C23H28N8O/c1-16(13-14-23(2,3)4)24-20-12-8-9-17(25-20)15-32-22-26-18-10-6-7-11-19(18)31(22)21-27-28-29-30(21)5/h6-12H,1,13-15H2,2-5H3,(H,24,25). The lowest BCUT2D eigenvalue weighted by Crippen LogP contribution is -2.10. The fraction of sp³-hybridized carbons (Fsp3) is 0.348. The molecule has 0 aliphatic rings. The molecule has 0 radical (unpaired) electrons. The number of fused-ring (bicyclic) bond motifs is 1. The summed E-state index contributed by atoms with van der Waals surface area (Å²) in [5.41, 5.74) is 3.63. The van der Waals surface area contributed by atoms with Crippen LogP contribution >= 0.6 is 0 Å². The summed E-state index contributed by atoms with van der Waals surface area (Å²) in [6, 6.07) is 13.9. The van der Waals surface area contributed by atoms with Crippen molar-refractivity contribution in [2.24, 2.45) is 12.5 Å². The number of anilines is 1. The summed E-state index contributed by atoms with van der Waals surface area (Å²) in [4.78, 5) is 9.27. The average Bonchev–Trinajstić information content (AvgIpc) is 3.33. The van der Waals surface area contributed by atoms with Crippen molar-refractivity contribution in [3.63, 3.8) is 0 Å². The number of tetrazole rings is 1. The van der Waals surface area contributed by atoms with E-state index in [0.29, 0.717) is 12.0 Å². The van der Waals surface area contributed by atoms with Crippen LogP contribution in [0, 0.1) is 5.41 Å². The minimum Gasteiger partial charge on any atom is -0.458 e. The molecule has 0 aliphatic carbocycles. The third-order valence-corrected chi connectivity index (χ3v) is 4.97. The summed E-state index contributed by atoms with van der Waals surface area (Å²) in [6.07, 6.45) is 1.94. The first-order valence-corrected chi connectivity index (χ1v) is 10.5. The van der Waals surface area contributed by atoms with E-state index >= 15 is 0 Å². The Morgan fingerprint density at radius 3 is 2.66 bits per heavy atom. The molecule has 0 aliphatic heterocycles. The zero-order chi connectivity index (χ0) is 22.7. The molecule has 1 N–H and O–H groups in total. The first kappa shape index (κ1) is 21.5. The van der Waals surface area contributed by atoms with E-state index in [-0.39, 0.29) is 12.0 Å². The number of rotatable bonds is 8. The maximum Gasteiger partial charge on any atom is 0.305 e. The largest absolute Gasteiger partial charge is 0.458 e. The molecular weight excluding hydrogens is 404 g/mol. The van der Waals surface area contributed by atoms with Crippen LogP contribution in [0.3, 0.4) is 0 Å². The average molecular weight is 433 g/mol. The number of ether oxygens (including phenoxy) is 1. The van der Waals surface area contributed by atoms with E-state index in [1.165, 1.54) is 0 Å². The highest BCUT2D eigenvalue weighted by atomic mass is 16.5. The van der Waals surface area contributed by atoms with Gasteiger partial charge in [0, 0.05) is 12.7 Å². The summed E-state index contributed by atoms with van der Waals surface area (Å²) in [6.45, 7) is 11.1. The van der Waals surface area contributed by atoms with Crippen molar-refractivity contribution in [1.82, 2.24) is 34.7 Å². The first-order valence-electron chi connectivity index (χ1n) is 10.5. The van der Waals surface area contributed by atoms with Crippen LogP contribution in [0.5, 0.6) is 6.01 Å². The topological polar surface area (TPSA) is 95.6 Å². The number of pyridine rings is 1. The lowest BCUT2D eigenvalue weighted by atomic mass is 9.90. The van der Waals surface area contributed by atoms with Crippen molar-refractivity contribution in [1.29, 1.82) is 0 Å². The van der Waals surface area contributed by atoms with Gasteiger partial charge in [0.15, 0.2) is 0 Å². The molecule has 0 saturated carbocycles. The number of nitrogens with one attached hydrogen (secondary N) is 1. The number of benzene rings is 1. The van der Waals surface area contributed by atoms with Gasteiger partial charge in [0.2, 0.25) is 0 Å². The number of hydrogen-bond acceptors (Lipinski definition) is 7. The van der Waals surface area contributed by atoms with Crippen molar-refractivity contribution in [2.45, 2.75) is 40.2 Å². The zero-order valence-electron chi connectivity index (χ0n) is 18.9. The Hall–Kier alpha value is -3.75. The molecule has 32 heavy (non-hydrogen) atoms. The highest BCUT2D eigenvalue weighted by Gasteiger charge is 2.18. The van der Waals surface area contributed by atoms with E-state index in [2.05, 4.69) is 58.2 Å². The second kappa shape index (κ2) is 8.78. The monoisotopic (exact) mass is 432 g/mol. The van der Waals surface area contributed by atoms with E-state index in [1.807, 2.05) is 42.5 Å². The zero-order valence-corrected chi connectivity index (χ0v) is 18.9. The summed E-state index contributed by atoms with van der Waals surface area (Å²) in [5, 5.41) is 15.1. The van der Waals surface area contributed by atoms with Gasteiger partial charge in [0.25, 0.3) is 5.95 Å². The van der Waals surface area contributed by atoms with Crippen molar-refractivity contribution in [3.8, 4) is 12.0 Å². The fourth-order valence-corrected chi connectivity index (χ4v) is 3.25. The van der Waals surface area contributed by atoms with Crippen molar-refractivity contribution in [3.05, 3.63) is 60.4 Å². The third-order valence-electron chi connectivity index (χ3n) is 4.97. The smallest absolute Gasteiger partial charge is 0.305 e. The summed E-state index contributed by atoms with van der Waals surface area (Å²) < 4.78 is 9.44. The molecule has 0 bridgehead atoms. The molecule has 4 aromatic rings. The van der Waals surface area contributed by atoms with Crippen LogP contribution in [0.25, 0.3) is 17.0 Å². The van der Waals surface area contributed by atoms with Gasteiger partial charge in [-0.25, -0.2) is 14.2 Å². The number of nitrogens with zero attached hydrogens (tertiary/aromatic N) is 7. The third kappa shape index (κ3) is 4.93. The van der Waals surface area contributed by atoms with Gasteiger partial charge in [-0.15, -0.1) is 0 Å². The number of aromatic nitrogens is 7. The van der Waals surface area contributed by atoms with Crippen LogP contribution in [0.2, 0.25) is 0 Å². The second-order valence-electron chi connectivity index (χ2n) is 8.91. The highest BCUT2D eigenvalue weighted by Crippen LogP contribution is 2.26. The first-order chi connectivity index (χ1) is 15.3. The van der Waals surface area contributed by atoms with E-state index in [1.54, 1.807) is 16.3 Å². The molecule has 0 atom stereocenters. The Kier molecular flexibility index (Phi) is 5.89. The van der Waals surface area contributed by atoms with Gasteiger partial charge in [-0.2, -0.15) is 4.98 Å². The van der Waals surface area contributed by atoms with Crippen LogP contribution in [-0.2, 0) is 13.7 Å². The summed E-state index contributed by atoms with van der Waals surface area (Å²) >= 11 is 0. The van der Waals surface area contributed by atoms with Gasteiger partial charge in [0.05, 0.1) is 16.7 Å². The Bertz CT molecular complexity index is 1230. The number of para-hydroxylation sites is 2. The van der Waals surface area contributed by atoms with E-state index < -0.39 is 0 Å². The molecule has 3 heterocycles. The predicted octanol–water partition coefficient (Wildman–Crippen LogP) is 4.27. The van der Waals surface area contributed by atoms with Crippen LogP contribution in [-0.4, -0.2) is 34.7 Å². The van der Waals surface area contributed by atoms with E-state index in [0.717, 1.165) is 41.1 Å². The quantitative estimate of drug-likeness (QED) is 0.444. The Labute approximate surface area is 187 Å². The minimum atomic E-state index is 0.249. The molecule has 166 valence electrons. The van der Waals surface area contributed by atoms with Gasteiger partial charge in [-0.05, 0) is 52.9 Å². The molecular formula is C23H28N8O. The van der Waals surface area contributed by atoms with Crippen molar-refractivity contribution >= 4 is 16.9 Å². The van der Waals surface area contributed by atoms with Gasteiger partial charge in [-0.3, -0.25) is 0 Å². The predicted molar refractivity (Wildman–Crippen MR) is 123 cm³/mol. The minimum absolute atomic E-state index is 0.249. The van der Waals surface area contributed by atoms with Crippen LogP contribution < -0.4 is 10.1 Å². The lowest BCUT2D eigenvalue weighted by Gasteiger charge is -2.19. The second-order valence-corrected chi connectivity index (χ2v) is 8.91. The molecule has 4 rings (SSSR count). The summed E-state index contributed by atoms with van der Waals surface area (Å²) in [7, 11) is 1.77. The Balaban J connectivity index is 1.51. The lowest BCUT2D eigenvalue weighted by molar-refractivity contribution is 0.272. The number of imidazole rings is 1. The molecule has 0 saturated heterocycles. The van der Waals surface area contributed by atoms with Gasteiger partial charge in [0.1, 0.15) is 12.4 Å². The number of hydrogen-bond donors (Lipinski definition) is 1. The fourth-order valence-electron chi connectivity index (χ4n) is 3.25. The summed E-state index contributed by atoms with van der Waals surface area (Å²) in [5.74, 6) is 1.27. The normalized spacial score (nSPS) is 11.6. The van der Waals surface area contributed by atoms with Crippen molar-refractivity contribution < 1.29 is 4.74 Å². The maximum atomic E-state index is 6.07. The van der Waals surface area contributed by atoms with Crippen LogP contribution in [0.4, 0.5) is 5.82 Å². The molecule has 9 nitrogen and oxygen atoms in total. The van der Waals surface area contributed by atoms with E-state index in [4.69, 9.17) is 4.74 Å². The van der Waals surface area contributed by atoms with Crippen LogP contribution in [0.1, 0.15) is 39.3 Å². The number of aryl methyl sites for hydroxylation is 1. The van der Waals surface area contributed by atoms with Gasteiger partial charge >= 0.3 is 6.01 Å².